The van der Waals surface area contributed by atoms with Crippen molar-refractivity contribution in [3.8, 4) is 0 Å². The third kappa shape index (κ3) is 8.26. The second-order valence-electron chi connectivity index (χ2n) is 9.37. The Morgan fingerprint density at radius 3 is 2.05 bits per heavy atom. The van der Waals surface area contributed by atoms with Gasteiger partial charge in [-0.3, -0.25) is 28.8 Å². The Morgan fingerprint density at radius 1 is 1.00 bits per heavy atom. The first-order valence-corrected chi connectivity index (χ1v) is 12.3. The van der Waals surface area contributed by atoms with E-state index in [1.165, 1.54) is 36.1 Å². The average molecular weight is 557 g/mol. The number of halogens is 3. The summed E-state index contributed by atoms with van der Waals surface area (Å²) in [6.45, 7) is 4.22. The number of carbonyl (C=O) groups excluding carboxylic acids is 5. The van der Waals surface area contributed by atoms with Gasteiger partial charge in [-0.1, -0.05) is 20.8 Å². The fraction of sp³-hybridized carbons (Fsp3) is 0.520. The number of amides is 4. The number of carbonyl (C=O) groups is 6. The Kier molecular flexibility index (Phi) is 10.6. The fourth-order valence-corrected chi connectivity index (χ4v) is 4.07. The Balaban J connectivity index is 2.12. The zero-order chi connectivity index (χ0) is 29.5. The van der Waals surface area contributed by atoms with Gasteiger partial charge in [0, 0.05) is 17.7 Å². The Labute approximate surface area is 222 Å². The van der Waals surface area contributed by atoms with Gasteiger partial charge >= 0.3 is 12.1 Å². The predicted octanol–water partition coefficient (Wildman–Crippen LogP) is 1.27. The van der Waals surface area contributed by atoms with Crippen molar-refractivity contribution in [1.29, 1.82) is 0 Å². The number of likely N-dealkylation sites (tertiary alicyclic amines) is 1. The van der Waals surface area contributed by atoms with Gasteiger partial charge in [0.1, 0.15) is 18.6 Å². The van der Waals surface area contributed by atoms with E-state index in [2.05, 4.69) is 16.0 Å². The molecule has 0 aromatic heterocycles. The minimum atomic E-state index is -5.12. The molecule has 2 rings (SSSR count). The predicted molar refractivity (Wildman–Crippen MR) is 131 cm³/mol. The Bertz CT molecular complexity index is 1110. The number of carboxylic acid groups (broad SMARTS) is 1. The number of benzene rings is 1. The van der Waals surface area contributed by atoms with E-state index in [9.17, 15) is 41.9 Å². The zero-order valence-electron chi connectivity index (χ0n) is 21.6. The smallest absolute Gasteiger partial charge is 0.452 e. The summed E-state index contributed by atoms with van der Waals surface area (Å²) in [6.07, 6.45) is -4.82. The number of nitrogens with one attached hydrogen (secondary N) is 3. The summed E-state index contributed by atoms with van der Waals surface area (Å²) in [5.41, 5.74) is 0.222. The molecule has 1 aliphatic rings. The van der Waals surface area contributed by atoms with E-state index in [0.717, 1.165) is 0 Å². The van der Waals surface area contributed by atoms with Crippen molar-refractivity contribution in [2.75, 3.05) is 13.1 Å². The van der Waals surface area contributed by atoms with E-state index in [1.807, 2.05) is 0 Å². The highest BCUT2D eigenvalue weighted by Crippen LogP contribution is 2.23. The highest BCUT2D eigenvalue weighted by atomic mass is 19.4. The molecular formula is C25H31F3N4O7. The molecule has 1 aliphatic heterocycles. The number of aliphatic carboxylic acids is 1. The zero-order valence-corrected chi connectivity index (χ0v) is 21.6. The maximum Gasteiger partial charge on any atom is 0.452 e. The molecule has 2 unspecified atom stereocenters. The first-order chi connectivity index (χ1) is 18.2. The molecule has 39 heavy (non-hydrogen) atoms. The molecule has 0 aliphatic carbocycles. The van der Waals surface area contributed by atoms with Gasteiger partial charge in [-0.2, -0.15) is 13.2 Å². The fourth-order valence-electron chi connectivity index (χ4n) is 4.07. The highest BCUT2D eigenvalue weighted by molar-refractivity contribution is 6.01. The van der Waals surface area contributed by atoms with Gasteiger partial charge in [0.25, 0.3) is 17.6 Å². The van der Waals surface area contributed by atoms with E-state index < -0.39 is 72.1 Å². The number of nitrogens with zero attached hydrogens (tertiary/aromatic N) is 1. The lowest BCUT2D eigenvalue weighted by Gasteiger charge is -2.31. The van der Waals surface area contributed by atoms with Gasteiger partial charge in [-0.25, -0.2) is 0 Å². The monoisotopic (exact) mass is 556 g/mol. The lowest BCUT2D eigenvalue weighted by molar-refractivity contribution is -0.174. The van der Waals surface area contributed by atoms with Crippen LogP contribution in [0, 0.1) is 5.92 Å². The van der Waals surface area contributed by atoms with Crippen LogP contribution >= 0.6 is 0 Å². The van der Waals surface area contributed by atoms with Crippen molar-refractivity contribution < 1.29 is 47.0 Å². The Morgan fingerprint density at radius 2 is 1.56 bits per heavy atom. The van der Waals surface area contributed by atoms with Crippen LogP contribution in [-0.4, -0.2) is 82.8 Å². The maximum absolute atomic E-state index is 13.4. The van der Waals surface area contributed by atoms with Crippen LogP contribution in [0.2, 0.25) is 0 Å². The minimum absolute atomic E-state index is 0.107. The number of hydrogen-bond acceptors (Lipinski definition) is 6. The molecule has 214 valence electrons. The average Bonchev–Trinajstić information content (AvgIpc) is 3.37. The van der Waals surface area contributed by atoms with Crippen molar-refractivity contribution in [3.63, 3.8) is 0 Å². The van der Waals surface area contributed by atoms with Gasteiger partial charge in [-0.05, 0) is 49.4 Å². The van der Waals surface area contributed by atoms with E-state index in [4.69, 9.17) is 5.11 Å². The molecule has 14 heteroatoms. The second kappa shape index (κ2) is 13.2. The van der Waals surface area contributed by atoms with Gasteiger partial charge in [0.2, 0.25) is 11.8 Å². The minimum Gasteiger partial charge on any atom is -0.480 e. The third-order valence-corrected chi connectivity index (χ3v) is 6.19. The molecule has 0 radical (unpaired) electrons. The summed E-state index contributed by atoms with van der Waals surface area (Å²) in [4.78, 5) is 74.4. The summed E-state index contributed by atoms with van der Waals surface area (Å²) in [5.74, 6) is -6.51. The van der Waals surface area contributed by atoms with Crippen LogP contribution < -0.4 is 16.0 Å². The van der Waals surface area contributed by atoms with Crippen LogP contribution in [0.4, 0.5) is 13.2 Å². The van der Waals surface area contributed by atoms with Gasteiger partial charge in [-0.15, -0.1) is 0 Å². The summed E-state index contributed by atoms with van der Waals surface area (Å²) in [5, 5.41) is 15.6. The topological polar surface area (TPSA) is 162 Å². The SMILES string of the molecule is CCC(NC(=O)[C@@H]1CCCN1C(=O)C(NC(=O)c1ccc(C(=O)NCC(=O)O)cc1)C(C)C)C(=O)C(F)(F)F. The highest BCUT2D eigenvalue weighted by Gasteiger charge is 2.45. The molecule has 11 nitrogen and oxygen atoms in total. The van der Waals surface area contributed by atoms with Crippen molar-refractivity contribution >= 4 is 35.4 Å². The van der Waals surface area contributed by atoms with Crippen LogP contribution in [-0.2, 0) is 19.2 Å². The van der Waals surface area contributed by atoms with Gasteiger partial charge < -0.3 is 26.0 Å². The Hall–Kier alpha value is -3.97. The van der Waals surface area contributed by atoms with E-state index in [1.54, 1.807) is 13.8 Å². The number of Topliss-reactive ketones (excluding diaryl/α,β-unsaturated/α-hetero) is 1. The maximum atomic E-state index is 13.4. The standard InChI is InChI=1S/C25H31F3N4O7/c1-4-16(20(35)25(26,27)28)30-23(38)17-6-5-11-32(17)24(39)19(13(2)3)31-22(37)15-9-7-14(8-10-15)21(36)29-12-18(33)34/h7-10,13,16-17,19H,4-6,11-12H2,1-3H3,(H,29,36)(H,30,38)(H,31,37)(H,33,34)/t16?,17-,19?/m0/s1. The molecule has 0 spiro atoms. The molecule has 3 atom stereocenters. The number of rotatable bonds is 11. The van der Waals surface area contributed by atoms with Crippen molar-refractivity contribution in [1.82, 2.24) is 20.9 Å². The van der Waals surface area contributed by atoms with Crippen molar-refractivity contribution in [2.24, 2.45) is 5.92 Å². The van der Waals surface area contributed by atoms with Crippen LogP contribution in [0.15, 0.2) is 24.3 Å². The molecular weight excluding hydrogens is 525 g/mol. The van der Waals surface area contributed by atoms with Gasteiger partial charge in [0.15, 0.2) is 0 Å². The molecule has 4 amide bonds. The first-order valence-electron chi connectivity index (χ1n) is 12.3. The molecule has 4 N–H and O–H groups in total. The molecule has 0 saturated carbocycles. The molecule has 1 heterocycles. The van der Waals surface area contributed by atoms with Crippen LogP contribution in [0.25, 0.3) is 0 Å². The summed E-state index contributed by atoms with van der Waals surface area (Å²) >= 11 is 0. The van der Waals surface area contributed by atoms with E-state index in [0.29, 0.717) is 6.42 Å². The number of carboxylic acids is 1. The van der Waals surface area contributed by atoms with Crippen LogP contribution in [0.3, 0.4) is 0 Å². The molecule has 1 saturated heterocycles. The summed E-state index contributed by atoms with van der Waals surface area (Å²) in [6, 6.07) is 1.31. The molecule has 1 aromatic carbocycles. The lowest BCUT2D eigenvalue weighted by Crippen LogP contribution is -2.57. The third-order valence-electron chi connectivity index (χ3n) is 6.19. The largest absolute Gasteiger partial charge is 0.480 e. The van der Waals surface area contributed by atoms with Crippen molar-refractivity contribution in [2.45, 2.75) is 64.3 Å². The molecule has 0 bridgehead atoms. The second-order valence-corrected chi connectivity index (χ2v) is 9.37. The summed E-state index contributed by atoms with van der Waals surface area (Å²) in [7, 11) is 0. The quantitative estimate of drug-likeness (QED) is 0.319. The number of hydrogen-bond donors (Lipinski definition) is 4. The van der Waals surface area contributed by atoms with E-state index >= 15 is 0 Å². The normalized spacial score (nSPS) is 16.8. The summed E-state index contributed by atoms with van der Waals surface area (Å²) < 4.78 is 38.6. The molecule has 1 aromatic rings. The van der Waals surface area contributed by atoms with E-state index in [-0.39, 0.29) is 30.5 Å². The number of alkyl halides is 3. The van der Waals surface area contributed by atoms with Crippen molar-refractivity contribution in [3.05, 3.63) is 35.4 Å². The lowest BCUT2D eigenvalue weighted by atomic mass is 10.0. The first kappa shape index (κ1) is 31.2. The number of ketones is 1. The molecule has 1 fully saturated rings. The van der Waals surface area contributed by atoms with Crippen LogP contribution in [0.5, 0.6) is 0 Å². The van der Waals surface area contributed by atoms with Gasteiger partial charge in [0.05, 0.1) is 6.04 Å². The van der Waals surface area contributed by atoms with Crippen LogP contribution in [0.1, 0.15) is 60.7 Å².